The summed E-state index contributed by atoms with van der Waals surface area (Å²) in [5, 5.41) is 3.16. The first-order valence-corrected chi connectivity index (χ1v) is 6.01. The molecule has 0 aromatic heterocycles. The van der Waals surface area contributed by atoms with Crippen LogP contribution in [0.15, 0.2) is 22.7 Å². The Kier molecular flexibility index (Phi) is 3.63. The van der Waals surface area contributed by atoms with Crippen LogP contribution in [0, 0.1) is 0 Å². The monoisotopic (exact) mass is 309 g/mol. The van der Waals surface area contributed by atoms with Gasteiger partial charge in [-0.25, -0.2) is 0 Å². The van der Waals surface area contributed by atoms with E-state index in [0.29, 0.717) is 18.2 Å². The number of hydrogen-bond acceptors (Lipinski definition) is 2. The fourth-order valence-electron chi connectivity index (χ4n) is 1.45. The van der Waals surface area contributed by atoms with Crippen LogP contribution in [0.2, 0.25) is 0 Å². The molecular formula is C11H11BrF3NO. The zero-order chi connectivity index (χ0) is 12.5. The lowest BCUT2D eigenvalue weighted by Crippen LogP contribution is -2.20. The summed E-state index contributed by atoms with van der Waals surface area (Å²) in [7, 11) is 0. The van der Waals surface area contributed by atoms with Crippen molar-refractivity contribution in [3.63, 3.8) is 0 Å². The van der Waals surface area contributed by atoms with E-state index in [2.05, 4.69) is 26.0 Å². The van der Waals surface area contributed by atoms with E-state index in [1.807, 2.05) is 0 Å². The largest absolute Gasteiger partial charge is 0.573 e. The predicted molar refractivity (Wildman–Crippen MR) is 60.7 cm³/mol. The van der Waals surface area contributed by atoms with Crippen LogP contribution >= 0.6 is 15.9 Å². The fraction of sp³-hybridized carbons (Fsp3) is 0.455. The van der Waals surface area contributed by atoms with Gasteiger partial charge in [-0.2, -0.15) is 0 Å². The van der Waals surface area contributed by atoms with Crippen molar-refractivity contribution in [1.82, 2.24) is 5.32 Å². The van der Waals surface area contributed by atoms with Gasteiger partial charge in [-0.1, -0.05) is 15.9 Å². The van der Waals surface area contributed by atoms with Gasteiger partial charge in [-0.15, -0.1) is 13.2 Å². The average Bonchev–Trinajstić information content (AvgIpc) is 3.00. The van der Waals surface area contributed by atoms with Crippen molar-refractivity contribution in [2.24, 2.45) is 0 Å². The van der Waals surface area contributed by atoms with Gasteiger partial charge in [-0.05, 0) is 31.0 Å². The molecule has 2 nitrogen and oxygen atoms in total. The number of alkyl halides is 3. The zero-order valence-electron chi connectivity index (χ0n) is 8.85. The molecule has 1 saturated carbocycles. The van der Waals surface area contributed by atoms with Gasteiger partial charge in [0.15, 0.2) is 0 Å². The highest BCUT2D eigenvalue weighted by molar-refractivity contribution is 9.10. The quantitative estimate of drug-likeness (QED) is 0.917. The molecule has 0 aliphatic heterocycles. The van der Waals surface area contributed by atoms with Gasteiger partial charge in [0.05, 0.1) is 0 Å². The molecule has 1 N–H and O–H groups in total. The molecule has 1 aromatic carbocycles. The molecule has 1 aliphatic carbocycles. The van der Waals surface area contributed by atoms with Gasteiger partial charge in [0.2, 0.25) is 0 Å². The molecule has 0 radical (unpaired) electrons. The molecule has 0 amide bonds. The van der Waals surface area contributed by atoms with Gasteiger partial charge < -0.3 is 10.1 Å². The number of ether oxygens (including phenoxy) is 1. The maximum absolute atomic E-state index is 12.2. The van der Waals surface area contributed by atoms with E-state index in [1.54, 1.807) is 6.07 Å². The first-order chi connectivity index (χ1) is 7.94. The molecule has 94 valence electrons. The number of benzene rings is 1. The number of hydrogen-bond donors (Lipinski definition) is 1. The molecule has 1 aliphatic rings. The summed E-state index contributed by atoms with van der Waals surface area (Å²) in [5.41, 5.74) is 0.503. The first-order valence-electron chi connectivity index (χ1n) is 5.21. The average molecular weight is 310 g/mol. The second-order valence-corrected chi connectivity index (χ2v) is 4.87. The summed E-state index contributed by atoms with van der Waals surface area (Å²) >= 11 is 3.23. The van der Waals surface area contributed by atoms with Crippen LogP contribution in [0.5, 0.6) is 5.75 Å². The Balaban J connectivity index is 2.11. The Bertz CT molecular complexity index is 404. The minimum absolute atomic E-state index is 0.145. The number of halogens is 4. The molecule has 0 spiro atoms. The first kappa shape index (κ1) is 12.7. The van der Waals surface area contributed by atoms with E-state index < -0.39 is 6.36 Å². The number of nitrogens with one attached hydrogen (secondary N) is 1. The van der Waals surface area contributed by atoms with Crippen molar-refractivity contribution in [1.29, 1.82) is 0 Å². The molecule has 1 fully saturated rings. The van der Waals surface area contributed by atoms with E-state index in [1.165, 1.54) is 12.1 Å². The van der Waals surface area contributed by atoms with E-state index in [0.717, 1.165) is 17.3 Å². The molecule has 0 heterocycles. The lowest BCUT2D eigenvalue weighted by molar-refractivity contribution is -0.274. The lowest BCUT2D eigenvalue weighted by Gasteiger charge is -2.14. The van der Waals surface area contributed by atoms with Gasteiger partial charge >= 0.3 is 6.36 Å². The highest BCUT2D eigenvalue weighted by Gasteiger charge is 2.32. The van der Waals surface area contributed by atoms with Crippen LogP contribution in [0.1, 0.15) is 18.4 Å². The minimum Gasteiger partial charge on any atom is -0.405 e. The molecule has 6 heteroatoms. The molecule has 1 aromatic rings. The van der Waals surface area contributed by atoms with E-state index in [9.17, 15) is 13.2 Å². The van der Waals surface area contributed by atoms with Crippen molar-refractivity contribution >= 4 is 15.9 Å². The van der Waals surface area contributed by atoms with E-state index in [-0.39, 0.29) is 5.75 Å². The summed E-state index contributed by atoms with van der Waals surface area (Å²) in [4.78, 5) is 0. The van der Waals surface area contributed by atoms with Gasteiger partial charge in [0.25, 0.3) is 0 Å². The molecule has 0 atom stereocenters. The topological polar surface area (TPSA) is 21.3 Å². The molecule has 0 unspecified atom stereocenters. The lowest BCUT2D eigenvalue weighted by atomic mass is 10.2. The van der Waals surface area contributed by atoms with Crippen LogP contribution in [0.3, 0.4) is 0 Å². The smallest absolute Gasteiger partial charge is 0.405 e. The highest BCUT2D eigenvalue weighted by Crippen LogP contribution is 2.29. The molecule has 2 rings (SSSR count). The number of rotatable bonds is 4. The van der Waals surface area contributed by atoms with Crippen LogP contribution in [-0.2, 0) is 6.54 Å². The standard InChI is InChI=1S/C11H11BrF3NO/c12-8-1-4-10(17-11(13,14)15)7(5-8)6-16-9-2-3-9/h1,4-5,9,16H,2-3,6H2. The van der Waals surface area contributed by atoms with E-state index in [4.69, 9.17) is 0 Å². The Labute approximate surface area is 105 Å². The second-order valence-electron chi connectivity index (χ2n) is 3.96. The van der Waals surface area contributed by atoms with Crippen molar-refractivity contribution < 1.29 is 17.9 Å². The van der Waals surface area contributed by atoms with Crippen LogP contribution in [-0.4, -0.2) is 12.4 Å². The summed E-state index contributed by atoms with van der Waals surface area (Å²) in [5.74, 6) is -0.145. The maximum Gasteiger partial charge on any atom is 0.573 e. The summed E-state index contributed by atoms with van der Waals surface area (Å²) in [6.45, 7) is 0.384. The zero-order valence-corrected chi connectivity index (χ0v) is 10.4. The van der Waals surface area contributed by atoms with Crippen LogP contribution < -0.4 is 10.1 Å². The third-order valence-corrected chi connectivity index (χ3v) is 2.90. The second kappa shape index (κ2) is 4.86. The van der Waals surface area contributed by atoms with Crippen molar-refractivity contribution in [3.05, 3.63) is 28.2 Å². The normalized spacial score (nSPS) is 16.0. The summed E-state index contributed by atoms with van der Waals surface area (Å²) in [6, 6.07) is 4.92. The third kappa shape index (κ3) is 4.20. The summed E-state index contributed by atoms with van der Waals surface area (Å²) in [6.07, 6.45) is -2.48. The minimum atomic E-state index is -4.65. The molecule has 0 bridgehead atoms. The van der Waals surface area contributed by atoms with Crippen LogP contribution in [0.25, 0.3) is 0 Å². The molecule has 0 saturated heterocycles. The Hall–Kier alpha value is -0.750. The van der Waals surface area contributed by atoms with E-state index >= 15 is 0 Å². The van der Waals surface area contributed by atoms with Crippen molar-refractivity contribution in [2.45, 2.75) is 31.8 Å². The summed E-state index contributed by atoms with van der Waals surface area (Å²) < 4.78 is 41.3. The van der Waals surface area contributed by atoms with Gasteiger partial charge in [-0.3, -0.25) is 0 Å². The Morgan fingerprint density at radius 2 is 2.06 bits per heavy atom. The highest BCUT2D eigenvalue weighted by atomic mass is 79.9. The van der Waals surface area contributed by atoms with Gasteiger partial charge in [0.1, 0.15) is 5.75 Å². The fourth-order valence-corrected chi connectivity index (χ4v) is 1.86. The molecule has 17 heavy (non-hydrogen) atoms. The SMILES string of the molecule is FC(F)(F)Oc1ccc(Br)cc1CNC1CC1. The van der Waals surface area contributed by atoms with Crippen LogP contribution in [0.4, 0.5) is 13.2 Å². The maximum atomic E-state index is 12.2. The Morgan fingerprint density at radius 1 is 1.35 bits per heavy atom. The van der Waals surface area contributed by atoms with Gasteiger partial charge in [0, 0.05) is 22.6 Å². The third-order valence-electron chi connectivity index (χ3n) is 2.41. The van der Waals surface area contributed by atoms with Crippen molar-refractivity contribution in [3.8, 4) is 5.75 Å². The predicted octanol–water partition coefficient (Wildman–Crippen LogP) is 3.60. The van der Waals surface area contributed by atoms with Crippen molar-refractivity contribution in [2.75, 3.05) is 0 Å². The molecular weight excluding hydrogens is 299 g/mol. The Morgan fingerprint density at radius 3 is 2.65 bits per heavy atom.